The Morgan fingerprint density at radius 1 is 1.06 bits per heavy atom. The second-order valence-electron chi connectivity index (χ2n) is 8.53. The summed E-state index contributed by atoms with van der Waals surface area (Å²) in [6.07, 6.45) is 1.74. The SMILES string of the molecule is CCN1C(=O)N(c2ccc(-c3cn(C)c4nc(C)nc(N)c34)c(F)c2)CC1c1ccc(F)cc1F. The van der Waals surface area contributed by atoms with Crippen molar-refractivity contribution >= 4 is 28.6 Å². The van der Waals surface area contributed by atoms with Crippen LogP contribution in [0.3, 0.4) is 0 Å². The summed E-state index contributed by atoms with van der Waals surface area (Å²) in [6, 6.07) is 6.77. The predicted octanol–water partition coefficient (Wildman–Crippen LogP) is 4.95. The van der Waals surface area contributed by atoms with Gasteiger partial charge >= 0.3 is 6.03 Å². The Hall–Kier alpha value is -4.08. The number of hydrogen-bond acceptors (Lipinski definition) is 4. The number of rotatable bonds is 4. The summed E-state index contributed by atoms with van der Waals surface area (Å²) in [5, 5.41) is 0.547. The van der Waals surface area contributed by atoms with Crippen LogP contribution in [-0.4, -0.2) is 38.6 Å². The van der Waals surface area contributed by atoms with Gasteiger partial charge in [-0.3, -0.25) is 4.90 Å². The van der Waals surface area contributed by atoms with Crippen molar-refractivity contribution in [1.82, 2.24) is 19.4 Å². The molecule has 3 heterocycles. The third-order valence-corrected chi connectivity index (χ3v) is 6.38. The highest BCUT2D eigenvalue weighted by atomic mass is 19.1. The van der Waals surface area contributed by atoms with Crippen LogP contribution in [0.5, 0.6) is 0 Å². The van der Waals surface area contributed by atoms with Gasteiger partial charge in [0.1, 0.15) is 34.7 Å². The smallest absolute Gasteiger partial charge is 0.325 e. The molecule has 2 aromatic heterocycles. The van der Waals surface area contributed by atoms with Gasteiger partial charge in [-0.2, -0.15) is 0 Å². The first-order chi connectivity index (χ1) is 16.7. The monoisotopic (exact) mass is 480 g/mol. The van der Waals surface area contributed by atoms with Gasteiger partial charge in [-0.1, -0.05) is 6.07 Å². The highest BCUT2D eigenvalue weighted by molar-refractivity contribution is 6.01. The van der Waals surface area contributed by atoms with Gasteiger partial charge in [-0.05, 0) is 38.1 Å². The van der Waals surface area contributed by atoms with Crippen LogP contribution in [0.1, 0.15) is 24.4 Å². The number of benzene rings is 2. The molecule has 1 fully saturated rings. The molecule has 0 radical (unpaired) electrons. The number of nitrogen functional groups attached to an aromatic ring is 1. The normalized spacial score (nSPS) is 16.1. The van der Waals surface area contributed by atoms with Gasteiger partial charge in [0.25, 0.3) is 0 Å². The number of fused-ring (bicyclic) bond motifs is 1. The number of hydrogen-bond donors (Lipinski definition) is 1. The molecule has 1 aliphatic heterocycles. The molecule has 5 rings (SSSR count). The number of carbonyl (C=O) groups excluding carboxylic acids is 1. The third-order valence-electron chi connectivity index (χ3n) is 6.38. The molecule has 2 amide bonds. The van der Waals surface area contributed by atoms with Crippen molar-refractivity contribution in [1.29, 1.82) is 0 Å². The first kappa shape index (κ1) is 22.7. The number of amides is 2. The Kier molecular flexibility index (Phi) is 5.38. The Balaban J connectivity index is 1.53. The molecular weight excluding hydrogens is 457 g/mol. The van der Waals surface area contributed by atoms with E-state index in [0.29, 0.717) is 40.2 Å². The summed E-state index contributed by atoms with van der Waals surface area (Å²) in [5.41, 5.74) is 8.09. The molecule has 1 aliphatic rings. The van der Waals surface area contributed by atoms with Crippen LogP contribution >= 0.6 is 0 Å². The van der Waals surface area contributed by atoms with Crippen LogP contribution < -0.4 is 10.6 Å². The fraction of sp³-hybridized carbons (Fsp3) is 0.240. The van der Waals surface area contributed by atoms with Crippen LogP contribution in [0, 0.1) is 24.4 Å². The minimum Gasteiger partial charge on any atom is -0.383 e. The Labute approximate surface area is 199 Å². The van der Waals surface area contributed by atoms with E-state index in [1.54, 1.807) is 43.8 Å². The number of carbonyl (C=O) groups is 1. The zero-order valence-corrected chi connectivity index (χ0v) is 19.4. The quantitative estimate of drug-likeness (QED) is 0.448. The minimum atomic E-state index is -0.726. The third kappa shape index (κ3) is 3.65. The van der Waals surface area contributed by atoms with Gasteiger partial charge < -0.3 is 15.2 Å². The molecule has 35 heavy (non-hydrogen) atoms. The van der Waals surface area contributed by atoms with E-state index in [9.17, 15) is 13.6 Å². The van der Waals surface area contributed by atoms with E-state index in [0.717, 1.165) is 12.1 Å². The molecule has 4 aromatic rings. The number of nitrogens with two attached hydrogens (primary N) is 1. The molecule has 2 N–H and O–H groups in total. The Morgan fingerprint density at radius 2 is 1.83 bits per heavy atom. The first-order valence-electron chi connectivity index (χ1n) is 11.1. The van der Waals surface area contributed by atoms with Gasteiger partial charge in [0.15, 0.2) is 0 Å². The van der Waals surface area contributed by atoms with Gasteiger partial charge in [-0.15, -0.1) is 0 Å². The molecular formula is C25H23F3N6O. The predicted molar refractivity (Wildman–Crippen MR) is 127 cm³/mol. The average molecular weight is 480 g/mol. The second kappa shape index (κ2) is 8.30. The van der Waals surface area contributed by atoms with E-state index in [2.05, 4.69) is 9.97 Å². The van der Waals surface area contributed by atoms with Crippen molar-refractivity contribution < 1.29 is 18.0 Å². The number of nitrogens with zero attached hydrogens (tertiary/aromatic N) is 5. The second-order valence-corrected chi connectivity index (χ2v) is 8.53. The van der Waals surface area contributed by atoms with Crippen molar-refractivity contribution in [3.63, 3.8) is 0 Å². The molecule has 180 valence electrons. The summed E-state index contributed by atoms with van der Waals surface area (Å²) in [6.45, 7) is 3.91. The molecule has 2 aromatic carbocycles. The summed E-state index contributed by atoms with van der Waals surface area (Å²) in [5.74, 6) is -1.21. The molecule has 1 saturated heterocycles. The summed E-state index contributed by atoms with van der Waals surface area (Å²) in [7, 11) is 1.79. The number of aromatic nitrogens is 3. The Morgan fingerprint density at radius 3 is 2.51 bits per heavy atom. The first-order valence-corrected chi connectivity index (χ1v) is 11.1. The van der Waals surface area contributed by atoms with Gasteiger partial charge in [0.05, 0.1) is 18.0 Å². The Bertz CT molecular complexity index is 1480. The van der Waals surface area contributed by atoms with Crippen LogP contribution in [-0.2, 0) is 7.05 Å². The lowest BCUT2D eigenvalue weighted by Crippen LogP contribution is -2.32. The molecule has 1 unspecified atom stereocenters. The van der Waals surface area contributed by atoms with Crippen molar-refractivity contribution in [3.05, 3.63) is 71.4 Å². The topological polar surface area (TPSA) is 80.3 Å². The molecule has 1 atom stereocenters. The summed E-state index contributed by atoms with van der Waals surface area (Å²) in [4.78, 5) is 24.6. The van der Waals surface area contributed by atoms with E-state index in [1.165, 1.54) is 21.9 Å². The number of urea groups is 1. The van der Waals surface area contributed by atoms with Crippen LogP contribution in [0.4, 0.5) is 29.5 Å². The van der Waals surface area contributed by atoms with Crippen molar-refractivity contribution in [2.75, 3.05) is 23.7 Å². The van der Waals surface area contributed by atoms with Crippen molar-refractivity contribution in [2.24, 2.45) is 7.05 Å². The van der Waals surface area contributed by atoms with Crippen LogP contribution in [0.2, 0.25) is 0 Å². The maximum atomic E-state index is 15.4. The van der Waals surface area contributed by atoms with E-state index >= 15 is 4.39 Å². The minimum absolute atomic E-state index is 0.0995. The summed E-state index contributed by atoms with van der Waals surface area (Å²) < 4.78 is 45.1. The lowest BCUT2D eigenvalue weighted by molar-refractivity contribution is 0.208. The van der Waals surface area contributed by atoms with E-state index in [-0.39, 0.29) is 24.0 Å². The number of anilines is 2. The van der Waals surface area contributed by atoms with E-state index in [4.69, 9.17) is 5.73 Å². The highest BCUT2D eigenvalue weighted by Crippen LogP contribution is 2.38. The van der Waals surface area contributed by atoms with Gasteiger partial charge in [-0.25, -0.2) is 27.9 Å². The van der Waals surface area contributed by atoms with E-state index in [1.807, 2.05) is 0 Å². The lowest BCUT2D eigenvalue weighted by atomic mass is 10.0. The maximum absolute atomic E-state index is 15.4. The maximum Gasteiger partial charge on any atom is 0.325 e. The molecule has 0 bridgehead atoms. The van der Waals surface area contributed by atoms with Crippen LogP contribution in [0.15, 0.2) is 42.6 Å². The largest absolute Gasteiger partial charge is 0.383 e. The standard InChI is InChI=1S/C25H23F3N6O/c1-4-33-21(17-7-5-14(26)9-19(17)27)12-34(25(33)35)15-6-8-16(20(28)10-15)18-11-32(3)24-22(18)23(29)30-13(2)31-24/h5-11,21H,4,12H2,1-3H3,(H2,29,30,31). The average Bonchev–Trinajstić information content (AvgIpc) is 3.30. The zero-order valence-electron chi connectivity index (χ0n) is 19.4. The highest BCUT2D eigenvalue weighted by Gasteiger charge is 2.39. The van der Waals surface area contributed by atoms with Crippen molar-refractivity contribution in [2.45, 2.75) is 19.9 Å². The van der Waals surface area contributed by atoms with Gasteiger partial charge in [0.2, 0.25) is 0 Å². The van der Waals surface area contributed by atoms with Gasteiger partial charge in [0, 0.05) is 48.2 Å². The fourth-order valence-corrected chi connectivity index (χ4v) is 4.75. The lowest BCUT2D eigenvalue weighted by Gasteiger charge is -2.22. The van der Waals surface area contributed by atoms with Crippen LogP contribution in [0.25, 0.3) is 22.2 Å². The molecule has 0 spiro atoms. The molecule has 10 heteroatoms. The molecule has 0 saturated carbocycles. The summed E-state index contributed by atoms with van der Waals surface area (Å²) >= 11 is 0. The van der Waals surface area contributed by atoms with Crippen molar-refractivity contribution in [3.8, 4) is 11.1 Å². The van der Waals surface area contributed by atoms with E-state index < -0.39 is 23.5 Å². The number of aryl methyl sites for hydroxylation is 2. The molecule has 0 aliphatic carbocycles. The zero-order chi connectivity index (χ0) is 25.0. The molecule has 7 nitrogen and oxygen atoms in total. The fourth-order valence-electron chi connectivity index (χ4n) is 4.75. The number of likely N-dealkylation sites (N-methyl/N-ethyl adjacent to an activating group) is 1. The number of halogens is 3.